The van der Waals surface area contributed by atoms with Crippen molar-refractivity contribution in [3.8, 4) is 11.7 Å². The fraction of sp³-hybridized carbons (Fsp3) is 0.348. The normalized spacial score (nSPS) is 20.9. The summed E-state index contributed by atoms with van der Waals surface area (Å²) in [5.74, 6) is 0.223. The zero-order chi connectivity index (χ0) is 23.6. The molecule has 0 bridgehead atoms. The van der Waals surface area contributed by atoms with Crippen LogP contribution in [0.4, 0.5) is 6.01 Å². The Hall–Kier alpha value is -3.66. The van der Waals surface area contributed by atoms with Gasteiger partial charge in [0, 0.05) is 34.5 Å². The number of halogens is 1. The lowest BCUT2D eigenvalue weighted by Crippen LogP contribution is -2.49. The van der Waals surface area contributed by atoms with Crippen LogP contribution in [0, 0.1) is 6.92 Å². The molecule has 10 nitrogen and oxygen atoms in total. The SMILES string of the molecule is C=C1CCC(N2Cc3c(Cl)cc(C4(Nc5nnc(-c6cc(C)no6)o5)CC4)cc3C2=O)C(=O)N1. The Morgan fingerprint density at radius 2 is 2.09 bits per heavy atom. The maximum absolute atomic E-state index is 13.3. The van der Waals surface area contributed by atoms with Crippen LogP contribution in [0.3, 0.4) is 0 Å². The Labute approximate surface area is 199 Å². The number of benzene rings is 1. The Morgan fingerprint density at radius 3 is 2.79 bits per heavy atom. The molecule has 2 amide bonds. The molecule has 174 valence electrons. The monoisotopic (exact) mass is 480 g/mol. The predicted octanol–water partition coefficient (Wildman–Crippen LogP) is 3.54. The number of nitrogens with one attached hydrogen (secondary N) is 2. The number of amides is 2. The second kappa shape index (κ2) is 7.42. The molecule has 6 rings (SSSR count). The van der Waals surface area contributed by atoms with Crippen LogP contribution in [-0.4, -0.2) is 38.1 Å². The lowest BCUT2D eigenvalue weighted by atomic mass is 9.99. The summed E-state index contributed by atoms with van der Waals surface area (Å²) < 4.78 is 10.9. The van der Waals surface area contributed by atoms with E-state index < -0.39 is 11.6 Å². The third-order valence-electron chi connectivity index (χ3n) is 6.63. The molecule has 2 N–H and O–H groups in total. The van der Waals surface area contributed by atoms with Crippen molar-refractivity contribution in [3.05, 3.63) is 57.9 Å². The van der Waals surface area contributed by atoms with Crippen molar-refractivity contribution in [2.45, 2.75) is 50.7 Å². The van der Waals surface area contributed by atoms with Gasteiger partial charge in [-0.15, -0.1) is 5.10 Å². The van der Waals surface area contributed by atoms with Crippen LogP contribution in [0.2, 0.25) is 5.02 Å². The van der Waals surface area contributed by atoms with E-state index in [1.807, 2.05) is 12.1 Å². The smallest absolute Gasteiger partial charge is 0.316 e. The van der Waals surface area contributed by atoms with Crippen molar-refractivity contribution in [1.82, 2.24) is 25.6 Å². The molecule has 1 saturated carbocycles. The molecule has 1 aromatic carbocycles. The first-order chi connectivity index (χ1) is 16.3. The van der Waals surface area contributed by atoms with Crippen molar-refractivity contribution in [2.24, 2.45) is 0 Å². The van der Waals surface area contributed by atoms with Gasteiger partial charge in [0.05, 0.1) is 11.2 Å². The zero-order valence-corrected chi connectivity index (χ0v) is 19.1. The molecule has 2 aliphatic heterocycles. The summed E-state index contributed by atoms with van der Waals surface area (Å²) in [6.07, 6.45) is 2.81. The number of allylic oxidation sites excluding steroid dienone is 1. The van der Waals surface area contributed by atoms with Gasteiger partial charge in [0.2, 0.25) is 11.7 Å². The Morgan fingerprint density at radius 1 is 1.26 bits per heavy atom. The first-order valence-corrected chi connectivity index (χ1v) is 11.4. The molecular weight excluding hydrogens is 460 g/mol. The number of fused-ring (bicyclic) bond motifs is 1. The van der Waals surface area contributed by atoms with Crippen LogP contribution in [0.25, 0.3) is 11.7 Å². The summed E-state index contributed by atoms with van der Waals surface area (Å²) in [6.45, 7) is 5.92. The van der Waals surface area contributed by atoms with E-state index in [-0.39, 0.29) is 23.7 Å². The third kappa shape index (κ3) is 3.37. The van der Waals surface area contributed by atoms with Crippen molar-refractivity contribution < 1.29 is 18.5 Å². The van der Waals surface area contributed by atoms with E-state index >= 15 is 0 Å². The summed E-state index contributed by atoms with van der Waals surface area (Å²) in [4.78, 5) is 27.4. The quantitative estimate of drug-likeness (QED) is 0.567. The fourth-order valence-corrected chi connectivity index (χ4v) is 4.90. The van der Waals surface area contributed by atoms with Gasteiger partial charge in [-0.1, -0.05) is 28.4 Å². The highest BCUT2D eigenvalue weighted by Gasteiger charge is 2.48. The molecule has 1 aliphatic carbocycles. The minimum absolute atomic E-state index is 0.192. The fourth-order valence-electron chi connectivity index (χ4n) is 4.63. The van der Waals surface area contributed by atoms with Crippen molar-refractivity contribution in [3.63, 3.8) is 0 Å². The molecule has 1 atom stereocenters. The third-order valence-corrected chi connectivity index (χ3v) is 6.96. The average molecular weight is 481 g/mol. The van der Waals surface area contributed by atoms with Crippen molar-refractivity contribution in [1.29, 1.82) is 0 Å². The lowest BCUT2D eigenvalue weighted by Gasteiger charge is -2.30. The number of rotatable bonds is 5. The number of hydrogen-bond donors (Lipinski definition) is 2. The van der Waals surface area contributed by atoms with E-state index in [9.17, 15) is 9.59 Å². The van der Waals surface area contributed by atoms with E-state index in [0.717, 1.165) is 24.0 Å². The van der Waals surface area contributed by atoms with Crippen LogP contribution < -0.4 is 10.6 Å². The molecule has 4 heterocycles. The Bertz CT molecular complexity index is 1360. The van der Waals surface area contributed by atoms with Gasteiger partial charge < -0.3 is 24.5 Å². The largest absolute Gasteiger partial charge is 0.400 e. The van der Waals surface area contributed by atoms with E-state index in [4.69, 9.17) is 20.5 Å². The second-order valence-corrected chi connectivity index (χ2v) is 9.42. The van der Waals surface area contributed by atoms with E-state index in [0.29, 0.717) is 47.1 Å². The molecule has 0 spiro atoms. The Balaban J connectivity index is 1.25. The van der Waals surface area contributed by atoms with Gasteiger partial charge in [0.25, 0.3) is 11.8 Å². The summed E-state index contributed by atoms with van der Waals surface area (Å²) in [6, 6.07) is 5.15. The Kier molecular flexibility index (Phi) is 4.57. The molecule has 1 saturated heterocycles. The first kappa shape index (κ1) is 20.9. The number of anilines is 1. The maximum Gasteiger partial charge on any atom is 0.316 e. The molecule has 34 heavy (non-hydrogen) atoms. The summed E-state index contributed by atoms with van der Waals surface area (Å²) in [7, 11) is 0. The highest BCUT2D eigenvalue weighted by molar-refractivity contribution is 6.32. The predicted molar refractivity (Wildman–Crippen MR) is 121 cm³/mol. The van der Waals surface area contributed by atoms with Gasteiger partial charge in [-0.05, 0) is 50.3 Å². The molecule has 0 radical (unpaired) electrons. The van der Waals surface area contributed by atoms with Crippen LogP contribution in [0.1, 0.15) is 52.9 Å². The van der Waals surface area contributed by atoms with E-state index in [2.05, 4.69) is 32.6 Å². The molecule has 2 fully saturated rings. The zero-order valence-electron chi connectivity index (χ0n) is 18.4. The van der Waals surface area contributed by atoms with Gasteiger partial charge in [-0.3, -0.25) is 9.59 Å². The van der Waals surface area contributed by atoms with Gasteiger partial charge in [-0.2, -0.15) is 0 Å². The average Bonchev–Trinajstić information content (AvgIpc) is 3.08. The number of piperidine rings is 1. The van der Waals surface area contributed by atoms with Crippen LogP contribution in [0.15, 0.2) is 39.4 Å². The number of aromatic nitrogens is 3. The van der Waals surface area contributed by atoms with E-state index in [1.54, 1.807) is 17.9 Å². The maximum atomic E-state index is 13.3. The van der Waals surface area contributed by atoms with Crippen LogP contribution in [0.5, 0.6) is 0 Å². The number of hydrogen-bond acceptors (Lipinski definition) is 8. The number of carbonyl (C=O) groups is 2. The summed E-state index contributed by atoms with van der Waals surface area (Å²) in [5.41, 5.74) is 3.05. The van der Waals surface area contributed by atoms with Crippen LogP contribution >= 0.6 is 11.6 Å². The minimum Gasteiger partial charge on any atom is -0.400 e. The molecular formula is C23H21ClN6O4. The van der Waals surface area contributed by atoms with Crippen LogP contribution in [-0.2, 0) is 16.9 Å². The molecule has 2 aromatic heterocycles. The molecule has 3 aliphatic rings. The highest BCUT2D eigenvalue weighted by atomic mass is 35.5. The molecule has 1 unspecified atom stereocenters. The first-order valence-electron chi connectivity index (χ1n) is 11.0. The van der Waals surface area contributed by atoms with Crippen molar-refractivity contribution >= 4 is 29.4 Å². The highest BCUT2D eigenvalue weighted by Crippen LogP contribution is 2.50. The topological polar surface area (TPSA) is 126 Å². The molecule has 3 aromatic rings. The summed E-state index contributed by atoms with van der Waals surface area (Å²) >= 11 is 6.64. The number of aryl methyl sites for hydroxylation is 1. The lowest BCUT2D eigenvalue weighted by molar-refractivity contribution is -0.126. The van der Waals surface area contributed by atoms with E-state index in [1.165, 1.54) is 0 Å². The number of carbonyl (C=O) groups excluding carboxylic acids is 2. The summed E-state index contributed by atoms with van der Waals surface area (Å²) in [5, 5.41) is 18.5. The van der Waals surface area contributed by atoms with Crippen molar-refractivity contribution in [2.75, 3.05) is 5.32 Å². The second-order valence-electron chi connectivity index (χ2n) is 9.02. The van der Waals surface area contributed by atoms with Gasteiger partial charge in [0.15, 0.2) is 0 Å². The number of nitrogens with zero attached hydrogens (tertiary/aromatic N) is 4. The van der Waals surface area contributed by atoms with Gasteiger partial charge >= 0.3 is 6.01 Å². The van der Waals surface area contributed by atoms with Gasteiger partial charge in [-0.25, -0.2) is 0 Å². The molecule has 11 heteroatoms. The minimum atomic E-state index is -0.533. The standard InChI is InChI=1S/C23H21ClN6O4/c1-11-3-4-17(19(31)25-11)30-10-15-14(21(30)32)8-13(9-16(15)24)23(5-6-23)26-22-28-27-20(33-22)18-7-12(2)29-34-18/h7-9,17H,1,3-6,10H2,2H3,(H,25,31)(H,26,28). The van der Waals surface area contributed by atoms with Gasteiger partial charge in [0.1, 0.15) is 6.04 Å².